The first-order valence-corrected chi connectivity index (χ1v) is 6.21. The fourth-order valence-electron chi connectivity index (χ4n) is 1.77. The number of hydrogen-bond donors (Lipinski definition) is 1. The van der Waals surface area contributed by atoms with Gasteiger partial charge >= 0.3 is 0 Å². The van der Waals surface area contributed by atoms with Gasteiger partial charge in [0.05, 0.1) is 11.4 Å². The predicted molar refractivity (Wildman–Crippen MR) is 71.0 cm³/mol. The summed E-state index contributed by atoms with van der Waals surface area (Å²) >= 11 is 0. The van der Waals surface area contributed by atoms with E-state index >= 15 is 0 Å². The molecule has 3 nitrogen and oxygen atoms in total. The third kappa shape index (κ3) is 3.10. The van der Waals surface area contributed by atoms with Gasteiger partial charge < -0.3 is 5.32 Å². The van der Waals surface area contributed by atoms with Crippen LogP contribution >= 0.6 is 0 Å². The van der Waals surface area contributed by atoms with Crippen molar-refractivity contribution in [2.24, 2.45) is 0 Å². The molecule has 0 spiro atoms. The highest BCUT2D eigenvalue weighted by Gasteiger charge is 2.07. The predicted octanol–water partition coefficient (Wildman–Crippen LogP) is 3.66. The Bertz CT molecular complexity index is 576. The zero-order valence-electron chi connectivity index (χ0n) is 11.2. The molecule has 1 aromatic carbocycles. The molecule has 102 valence electrons. The van der Waals surface area contributed by atoms with Crippen molar-refractivity contribution in [3.8, 4) is 0 Å². The second-order valence-corrected chi connectivity index (χ2v) is 4.80. The maximum absolute atomic E-state index is 13.1. The van der Waals surface area contributed by atoms with Crippen LogP contribution in [0.2, 0.25) is 0 Å². The molecule has 19 heavy (non-hydrogen) atoms. The van der Waals surface area contributed by atoms with Crippen LogP contribution in [-0.4, -0.2) is 9.78 Å². The summed E-state index contributed by atoms with van der Waals surface area (Å²) in [5.41, 5.74) is 2.48. The van der Waals surface area contributed by atoms with Crippen LogP contribution in [0.4, 0.5) is 14.5 Å². The standard InChI is InChI=1S/C14H17F2N3/c1-9(2)19-8-14(10(3)18-19)17-7-11-4-5-12(15)13(16)6-11/h4-6,8-9,17H,7H2,1-3H3. The van der Waals surface area contributed by atoms with E-state index in [4.69, 9.17) is 0 Å². The molecule has 0 aliphatic heterocycles. The molecule has 0 atom stereocenters. The number of hydrogen-bond acceptors (Lipinski definition) is 2. The van der Waals surface area contributed by atoms with Gasteiger partial charge in [0.1, 0.15) is 0 Å². The van der Waals surface area contributed by atoms with Gasteiger partial charge in [-0.15, -0.1) is 0 Å². The van der Waals surface area contributed by atoms with Crippen molar-refractivity contribution in [1.82, 2.24) is 9.78 Å². The van der Waals surface area contributed by atoms with Crippen molar-refractivity contribution in [3.05, 3.63) is 47.3 Å². The van der Waals surface area contributed by atoms with E-state index in [-0.39, 0.29) is 6.04 Å². The number of nitrogens with one attached hydrogen (secondary N) is 1. The van der Waals surface area contributed by atoms with Gasteiger partial charge in [-0.25, -0.2) is 8.78 Å². The Hall–Kier alpha value is -1.91. The van der Waals surface area contributed by atoms with E-state index < -0.39 is 11.6 Å². The molecular weight excluding hydrogens is 248 g/mol. The lowest BCUT2D eigenvalue weighted by Gasteiger charge is -2.06. The highest BCUT2D eigenvalue weighted by molar-refractivity contribution is 5.46. The van der Waals surface area contributed by atoms with Crippen LogP contribution in [0.3, 0.4) is 0 Å². The Morgan fingerprint density at radius 2 is 2.00 bits per heavy atom. The molecule has 0 fully saturated rings. The molecular formula is C14H17F2N3. The minimum atomic E-state index is -0.826. The quantitative estimate of drug-likeness (QED) is 0.914. The molecule has 2 aromatic rings. The topological polar surface area (TPSA) is 29.9 Å². The maximum atomic E-state index is 13.1. The number of aromatic nitrogens is 2. The van der Waals surface area contributed by atoms with Gasteiger partial charge in [0.2, 0.25) is 0 Å². The third-order valence-electron chi connectivity index (χ3n) is 2.91. The summed E-state index contributed by atoms with van der Waals surface area (Å²) in [5.74, 6) is -1.65. The number of aryl methyl sites for hydroxylation is 1. The lowest BCUT2D eigenvalue weighted by molar-refractivity contribution is 0.507. The van der Waals surface area contributed by atoms with Crippen molar-refractivity contribution in [3.63, 3.8) is 0 Å². The molecule has 2 rings (SSSR count). The van der Waals surface area contributed by atoms with Crippen LogP contribution in [0.25, 0.3) is 0 Å². The van der Waals surface area contributed by atoms with Crippen molar-refractivity contribution < 1.29 is 8.78 Å². The second kappa shape index (κ2) is 5.38. The molecule has 1 heterocycles. The number of benzene rings is 1. The lowest BCUT2D eigenvalue weighted by Crippen LogP contribution is -2.01. The summed E-state index contributed by atoms with van der Waals surface area (Å²) in [6, 6.07) is 4.19. The Balaban J connectivity index is 2.07. The first-order chi connectivity index (χ1) is 8.97. The molecule has 0 aliphatic rings. The average molecular weight is 265 g/mol. The minimum absolute atomic E-state index is 0.289. The van der Waals surface area contributed by atoms with Gasteiger partial charge in [0.15, 0.2) is 11.6 Å². The first-order valence-electron chi connectivity index (χ1n) is 6.21. The van der Waals surface area contributed by atoms with E-state index in [9.17, 15) is 8.78 Å². The van der Waals surface area contributed by atoms with Gasteiger partial charge in [-0.2, -0.15) is 5.10 Å². The van der Waals surface area contributed by atoms with Gasteiger partial charge in [-0.1, -0.05) is 6.07 Å². The van der Waals surface area contributed by atoms with E-state index in [1.54, 1.807) is 6.07 Å². The minimum Gasteiger partial charge on any atom is -0.378 e. The number of anilines is 1. The molecule has 1 N–H and O–H groups in total. The van der Waals surface area contributed by atoms with E-state index in [0.717, 1.165) is 17.4 Å². The monoisotopic (exact) mass is 265 g/mol. The van der Waals surface area contributed by atoms with Crippen LogP contribution < -0.4 is 5.32 Å². The zero-order chi connectivity index (χ0) is 14.0. The Labute approximate surface area is 111 Å². The third-order valence-corrected chi connectivity index (χ3v) is 2.91. The lowest BCUT2D eigenvalue weighted by atomic mass is 10.2. The smallest absolute Gasteiger partial charge is 0.159 e. The second-order valence-electron chi connectivity index (χ2n) is 4.80. The largest absolute Gasteiger partial charge is 0.378 e. The number of rotatable bonds is 4. The Morgan fingerprint density at radius 3 is 2.58 bits per heavy atom. The molecule has 0 unspecified atom stereocenters. The number of halogens is 2. The molecule has 0 saturated carbocycles. The number of nitrogens with zero attached hydrogens (tertiary/aromatic N) is 2. The first kappa shape index (κ1) is 13.5. The van der Waals surface area contributed by atoms with Crippen LogP contribution in [-0.2, 0) is 6.54 Å². The van der Waals surface area contributed by atoms with E-state index in [2.05, 4.69) is 10.4 Å². The fourth-order valence-corrected chi connectivity index (χ4v) is 1.77. The van der Waals surface area contributed by atoms with Crippen molar-refractivity contribution in [1.29, 1.82) is 0 Å². The normalized spacial score (nSPS) is 11.1. The molecule has 0 saturated heterocycles. The van der Waals surface area contributed by atoms with Crippen molar-refractivity contribution in [2.75, 3.05) is 5.32 Å². The van der Waals surface area contributed by atoms with E-state index in [1.807, 2.05) is 31.6 Å². The molecule has 0 bridgehead atoms. The summed E-state index contributed by atoms with van der Waals surface area (Å²) in [5, 5.41) is 7.55. The van der Waals surface area contributed by atoms with Crippen LogP contribution in [0.15, 0.2) is 24.4 Å². The van der Waals surface area contributed by atoms with Gasteiger partial charge in [0.25, 0.3) is 0 Å². The fraction of sp³-hybridized carbons (Fsp3) is 0.357. The molecule has 0 radical (unpaired) electrons. The van der Waals surface area contributed by atoms with Gasteiger partial charge in [-0.05, 0) is 38.5 Å². The van der Waals surface area contributed by atoms with Crippen LogP contribution in [0, 0.1) is 18.6 Å². The highest BCUT2D eigenvalue weighted by Crippen LogP contribution is 2.17. The van der Waals surface area contributed by atoms with Crippen LogP contribution in [0.5, 0.6) is 0 Å². The summed E-state index contributed by atoms with van der Waals surface area (Å²) in [7, 11) is 0. The molecule has 5 heteroatoms. The van der Waals surface area contributed by atoms with Gasteiger partial charge in [-0.3, -0.25) is 4.68 Å². The highest BCUT2D eigenvalue weighted by atomic mass is 19.2. The molecule has 0 aliphatic carbocycles. The SMILES string of the molecule is Cc1nn(C(C)C)cc1NCc1ccc(F)c(F)c1. The molecule has 0 amide bonds. The van der Waals surface area contributed by atoms with E-state index in [0.29, 0.717) is 12.1 Å². The van der Waals surface area contributed by atoms with Gasteiger partial charge in [0, 0.05) is 18.8 Å². The summed E-state index contributed by atoms with van der Waals surface area (Å²) in [6.45, 7) is 6.44. The summed E-state index contributed by atoms with van der Waals surface area (Å²) < 4.78 is 27.7. The Kier molecular flexibility index (Phi) is 3.83. The average Bonchev–Trinajstić information content (AvgIpc) is 2.73. The van der Waals surface area contributed by atoms with Crippen molar-refractivity contribution >= 4 is 5.69 Å². The zero-order valence-corrected chi connectivity index (χ0v) is 11.2. The van der Waals surface area contributed by atoms with E-state index in [1.165, 1.54) is 6.07 Å². The summed E-state index contributed by atoms with van der Waals surface area (Å²) in [4.78, 5) is 0. The van der Waals surface area contributed by atoms with Crippen LogP contribution in [0.1, 0.15) is 31.1 Å². The molecule has 1 aromatic heterocycles. The maximum Gasteiger partial charge on any atom is 0.159 e. The summed E-state index contributed by atoms with van der Waals surface area (Å²) in [6.07, 6.45) is 1.92. The van der Waals surface area contributed by atoms with Crippen molar-refractivity contribution in [2.45, 2.75) is 33.4 Å². The Morgan fingerprint density at radius 1 is 1.26 bits per heavy atom.